The van der Waals surface area contributed by atoms with Crippen LogP contribution in [0.25, 0.3) is 0 Å². The smallest absolute Gasteiger partial charge is 0.332 e. The molecule has 6 nitrogen and oxygen atoms in total. The quantitative estimate of drug-likeness (QED) is 0.525. The molecule has 0 aliphatic carbocycles. The van der Waals surface area contributed by atoms with Gasteiger partial charge in [0.15, 0.2) is 6.10 Å². The van der Waals surface area contributed by atoms with E-state index in [1.165, 1.54) is 0 Å². The topological polar surface area (TPSA) is 113 Å². The summed E-state index contributed by atoms with van der Waals surface area (Å²) in [6.07, 6.45) is -0.642. The van der Waals surface area contributed by atoms with Crippen molar-refractivity contribution in [1.82, 2.24) is 5.32 Å². The number of benzene rings is 1. The molecule has 0 spiro atoms. The number of carbonyl (C=O) groups excluding carboxylic acids is 1. The van der Waals surface area contributed by atoms with Gasteiger partial charge in [0.2, 0.25) is 5.91 Å². The zero-order valence-electron chi connectivity index (χ0n) is 10.5. The second-order valence-corrected chi connectivity index (χ2v) is 4.19. The molecule has 6 heteroatoms. The van der Waals surface area contributed by atoms with E-state index in [2.05, 4.69) is 5.32 Å². The first-order valence-corrected chi connectivity index (χ1v) is 6.01. The third-order valence-electron chi connectivity index (χ3n) is 2.70. The first kappa shape index (κ1) is 15.0. The lowest BCUT2D eigenvalue weighted by atomic mass is 10.1. The predicted octanol–water partition coefficient (Wildman–Crippen LogP) is 0.153. The van der Waals surface area contributed by atoms with E-state index in [0.717, 1.165) is 5.56 Å². The summed E-state index contributed by atoms with van der Waals surface area (Å²) in [5.41, 5.74) is 7.31. The maximum Gasteiger partial charge on any atom is 0.332 e. The third kappa shape index (κ3) is 5.39. The Bertz CT molecular complexity index is 448. The minimum Gasteiger partial charge on any atom is -0.479 e. The number of hydrogen-bond acceptors (Lipinski definition) is 4. The van der Waals surface area contributed by atoms with E-state index >= 15 is 0 Å². The molecule has 0 radical (unpaired) electrons. The van der Waals surface area contributed by atoms with Crippen LogP contribution in [-0.2, 0) is 16.0 Å². The van der Waals surface area contributed by atoms with E-state index in [1.54, 1.807) is 6.07 Å². The lowest BCUT2D eigenvalue weighted by molar-refractivity contribution is -0.147. The normalized spacial score (nSPS) is 11.8. The highest BCUT2D eigenvalue weighted by Crippen LogP contribution is 2.12. The van der Waals surface area contributed by atoms with Crippen molar-refractivity contribution in [3.63, 3.8) is 0 Å². The zero-order valence-corrected chi connectivity index (χ0v) is 10.5. The molecule has 0 unspecified atom stereocenters. The molecule has 0 fully saturated rings. The van der Waals surface area contributed by atoms with Crippen molar-refractivity contribution in [2.75, 3.05) is 12.3 Å². The molecular formula is C13H18N2O4. The van der Waals surface area contributed by atoms with Crippen molar-refractivity contribution in [1.29, 1.82) is 0 Å². The van der Waals surface area contributed by atoms with Gasteiger partial charge in [-0.05, 0) is 18.1 Å². The summed E-state index contributed by atoms with van der Waals surface area (Å²) < 4.78 is 0. The van der Waals surface area contributed by atoms with Gasteiger partial charge in [0.25, 0.3) is 0 Å². The van der Waals surface area contributed by atoms with Gasteiger partial charge >= 0.3 is 5.97 Å². The summed E-state index contributed by atoms with van der Waals surface area (Å²) in [4.78, 5) is 21.8. The number of nitrogens with two attached hydrogens (primary N) is 1. The molecule has 1 aromatic carbocycles. The Labute approximate surface area is 111 Å². The molecule has 1 aromatic rings. The Balaban J connectivity index is 2.25. The lowest BCUT2D eigenvalue weighted by Crippen LogP contribution is -2.30. The van der Waals surface area contributed by atoms with Crippen molar-refractivity contribution in [2.24, 2.45) is 0 Å². The van der Waals surface area contributed by atoms with Gasteiger partial charge in [0.1, 0.15) is 0 Å². The van der Waals surface area contributed by atoms with Crippen LogP contribution in [0.4, 0.5) is 5.69 Å². The van der Waals surface area contributed by atoms with E-state index in [4.69, 9.17) is 15.9 Å². The molecule has 0 saturated heterocycles. The van der Waals surface area contributed by atoms with Crippen LogP contribution in [0, 0.1) is 0 Å². The molecule has 0 saturated carbocycles. The molecule has 19 heavy (non-hydrogen) atoms. The van der Waals surface area contributed by atoms with Crippen molar-refractivity contribution < 1.29 is 19.8 Å². The number of aryl methyl sites for hydroxylation is 1. The number of carboxylic acid groups (broad SMARTS) is 1. The molecule has 104 valence electrons. The molecule has 1 atom stereocenters. The number of hydrogen-bond donors (Lipinski definition) is 4. The summed E-state index contributed by atoms with van der Waals surface area (Å²) in [5.74, 6) is -1.48. The minimum atomic E-state index is -1.44. The second kappa shape index (κ2) is 7.38. The van der Waals surface area contributed by atoms with Crippen molar-refractivity contribution in [2.45, 2.75) is 25.4 Å². The van der Waals surface area contributed by atoms with Gasteiger partial charge in [-0.15, -0.1) is 0 Å². The number of carboxylic acids is 1. The van der Waals surface area contributed by atoms with Crippen molar-refractivity contribution in [3.05, 3.63) is 29.8 Å². The van der Waals surface area contributed by atoms with Crippen LogP contribution in [0.2, 0.25) is 0 Å². The van der Waals surface area contributed by atoms with Gasteiger partial charge in [-0.3, -0.25) is 4.79 Å². The Morgan fingerprint density at radius 3 is 2.63 bits per heavy atom. The van der Waals surface area contributed by atoms with E-state index in [1.807, 2.05) is 18.2 Å². The Kier molecular flexibility index (Phi) is 5.81. The van der Waals surface area contributed by atoms with Gasteiger partial charge in [-0.2, -0.15) is 0 Å². The van der Waals surface area contributed by atoms with E-state index in [9.17, 15) is 9.59 Å². The third-order valence-corrected chi connectivity index (χ3v) is 2.70. The highest BCUT2D eigenvalue weighted by molar-refractivity contribution is 5.76. The van der Waals surface area contributed by atoms with E-state index in [0.29, 0.717) is 12.1 Å². The van der Waals surface area contributed by atoms with Crippen molar-refractivity contribution in [3.8, 4) is 0 Å². The molecule has 1 amide bonds. The number of rotatable bonds is 7. The van der Waals surface area contributed by atoms with Gasteiger partial charge < -0.3 is 21.3 Å². The average molecular weight is 266 g/mol. The Morgan fingerprint density at radius 1 is 1.32 bits per heavy atom. The van der Waals surface area contributed by atoms with Crippen LogP contribution in [0.15, 0.2) is 24.3 Å². The van der Waals surface area contributed by atoms with Gasteiger partial charge in [0.05, 0.1) is 0 Å². The van der Waals surface area contributed by atoms with Crippen LogP contribution in [0.5, 0.6) is 0 Å². The number of aliphatic hydroxyl groups excluding tert-OH is 1. The minimum absolute atomic E-state index is 0.00541. The first-order valence-electron chi connectivity index (χ1n) is 6.01. The highest BCUT2D eigenvalue weighted by Gasteiger charge is 2.12. The van der Waals surface area contributed by atoms with Crippen molar-refractivity contribution >= 4 is 17.6 Å². The molecule has 1 rings (SSSR count). The number of anilines is 1. The standard InChI is InChI=1S/C13H18N2O4/c14-10-4-2-1-3-9(10)5-6-12(17)15-8-7-11(16)13(18)19/h1-4,11,16H,5-8,14H2,(H,15,17)(H,18,19)/t11-/m0/s1. The number of aliphatic hydroxyl groups is 1. The van der Waals surface area contributed by atoms with E-state index < -0.39 is 12.1 Å². The largest absolute Gasteiger partial charge is 0.479 e. The fraction of sp³-hybridized carbons (Fsp3) is 0.385. The van der Waals surface area contributed by atoms with Gasteiger partial charge in [-0.1, -0.05) is 18.2 Å². The fourth-order valence-corrected chi connectivity index (χ4v) is 1.57. The maximum absolute atomic E-state index is 11.5. The SMILES string of the molecule is Nc1ccccc1CCC(=O)NCC[C@H](O)C(=O)O. The molecule has 0 aliphatic rings. The second-order valence-electron chi connectivity index (χ2n) is 4.19. The number of nitrogen functional groups attached to an aromatic ring is 1. The molecule has 0 heterocycles. The van der Waals surface area contributed by atoms with Crippen LogP contribution in [-0.4, -0.2) is 34.7 Å². The number of aliphatic carboxylic acids is 1. The molecule has 0 aliphatic heterocycles. The molecular weight excluding hydrogens is 248 g/mol. The maximum atomic E-state index is 11.5. The van der Waals surface area contributed by atoms with Crippen LogP contribution < -0.4 is 11.1 Å². The summed E-state index contributed by atoms with van der Waals surface area (Å²) in [6, 6.07) is 7.31. The average Bonchev–Trinajstić information content (AvgIpc) is 2.37. The predicted molar refractivity (Wildman–Crippen MR) is 70.4 cm³/mol. The molecule has 5 N–H and O–H groups in total. The summed E-state index contributed by atoms with van der Waals surface area (Å²) in [6.45, 7) is 0.135. The first-order chi connectivity index (χ1) is 9.00. The summed E-state index contributed by atoms with van der Waals surface area (Å²) >= 11 is 0. The number of nitrogens with one attached hydrogen (secondary N) is 1. The van der Waals surface area contributed by atoms with Crippen LogP contribution in [0.1, 0.15) is 18.4 Å². The van der Waals surface area contributed by atoms with Crippen LogP contribution >= 0.6 is 0 Å². The fourth-order valence-electron chi connectivity index (χ4n) is 1.57. The number of amides is 1. The van der Waals surface area contributed by atoms with Gasteiger partial charge in [-0.25, -0.2) is 4.79 Å². The zero-order chi connectivity index (χ0) is 14.3. The molecule has 0 aromatic heterocycles. The summed E-state index contributed by atoms with van der Waals surface area (Å²) in [5, 5.41) is 20.0. The monoisotopic (exact) mass is 266 g/mol. The molecule has 0 bridgehead atoms. The van der Waals surface area contributed by atoms with Crippen LogP contribution in [0.3, 0.4) is 0 Å². The Morgan fingerprint density at radius 2 is 2.00 bits per heavy atom. The van der Waals surface area contributed by atoms with Gasteiger partial charge in [0, 0.05) is 25.1 Å². The Hall–Kier alpha value is -2.08. The lowest BCUT2D eigenvalue weighted by Gasteiger charge is -2.08. The highest BCUT2D eigenvalue weighted by atomic mass is 16.4. The number of carbonyl (C=O) groups is 2. The summed E-state index contributed by atoms with van der Waals surface area (Å²) in [7, 11) is 0. The number of para-hydroxylation sites is 1. The van der Waals surface area contributed by atoms with E-state index in [-0.39, 0.29) is 25.3 Å².